The van der Waals surface area contributed by atoms with E-state index in [-0.39, 0.29) is 29.8 Å². The van der Waals surface area contributed by atoms with Crippen molar-refractivity contribution >= 4 is 43.5 Å². The fourth-order valence-electron chi connectivity index (χ4n) is 3.51. The van der Waals surface area contributed by atoms with Crippen LogP contribution in [-0.4, -0.2) is 41.9 Å². The van der Waals surface area contributed by atoms with Crippen LogP contribution in [0, 0.1) is 5.92 Å². The summed E-state index contributed by atoms with van der Waals surface area (Å²) in [7, 11) is -3.69. The first-order valence-electron chi connectivity index (χ1n) is 9.95. The van der Waals surface area contributed by atoms with Gasteiger partial charge in [0, 0.05) is 28.1 Å². The molecular formula is C21H20BrClN4O4S. The van der Waals surface area contributed by atoms with Crippen molar-refractivity contribution < 1.29 is 17.7 Å². The lowest BCUT2D eigenvalue weighted by molar-refractivity contribution is -0.126. The van der Waals surface area contributed by atoms with Crippen LogP contribution in [0.25, 0.3) is 11.4 Å². The number of hydrogen-bond acceptors (Lipinski definition) is 6. The second kappa shape index (κ2) is 9.70. The van der Waals surface area contributed by atoms with Crippen LogP contribution in [0.2, 0.25) is 5.02 Å². The fraction of sp³-hybridized carbons (Fsp3) is 0.286. The molecule has 0 saturated carbocycles. The highest BCUT2D eigenvalue weighted by molar-refractivity contribution is 9.10. The molecule has 1 N–H and O–H groups in total. The predicted molar refractivity (Wildman–Crippen MR) is 122 cm³/mol. The van der Waals surface area contributed by atoms with E-state index < -0.39 is 15.9 Å². The standard InChI is InChI=1S/C21H20BrClN4O4S/c22-16-5-1-3-14(11-16)20-25-19(31-26-20)12-24-21(28)15-4-2-10-27(13-15)32(29,30)18-8-6-17(23)7-9-18/h1,3,5-9,11,15H,2,4,10,12-13H2,(H,24,28). The summed E-state index contributed by atoms with van der Waals surface area (Å²) in [5.41, 5.74) is 0.788. The normalized spacial score (nSPS) is 17.2. The minimum absolute atomic E-state index is 0.0697. The average molecular weight is 540 g/mol. The summed E-state index contributed by atoms with van der Waals surface area (Å²) >= 11 is 9.26. The predicted octanol–water partition coefficient (Wildman–Crippen LogP) is 3.87. The third kappa shape index (κ3) is 5.20. The summed E-state index contributed by atoms with van der Waals surface area (Å²) in [5.74, 6) is -0.00951. The number of nitrogens with zero attached hydrogens (tertiary/aromatic N) is 3. The molecule has 2 aromatic carbocycles. The first-order chi connectivity index (χ1) is 15.3. The van der Waals surface area contributed by atoms with Crippen molar-refractivity contribution in [1.82, 2.24) is 19.8 Å². The lowest BCUT2D eigenvalue weighted by atomic mass is 9.99. The molecule has 2 heterocycles. The van der Waals surface area contributed by atoms with E-state index >= 15 is 0 Å². The SMILES string of the molecule is O=C(NCc1nc(-c2cccc(Br)c2)no1)C1CCCN(S(=O)(=O)c2ccc(Cl)cc2)C1. The van der Waals surface area contributed by atoms with Gasteiger partial charge in [-0.3, -0.25) is 4.79 Å². The Bertz CT molecular complexity index is 1220. The van der Waals surface area contributed by atoms with Crippen molar-refractivity contribution in [1.29, 1.82) is 0 Å². The molecule has 0 bridgehead atoms. The van der Waals surface area contributed by atoms with Crippen molar-refractivity contribution in [3.8, 4) is 11.4 Å². The van der Waals surface area contributed by atoms with Gasteiger partial charge in [-0.1, -0.05) is 44.8 Å². The minimum Gasteiger partial charge on any atom is -0.347 e. The minimum atomic E-state index is -3.69. The Morgan fingerprint density at radius 1 is 1.25 bits per heavy atom. The average Bonchev–Trinajstić information content (AvgIpc) is 3.27. The zero-order valence-corrected chi connectivity index (χ0v) is 20.0. The van der Waals surface area contributed by atoms with Crippen LogP contribution in [0.3, 0.4) is 0 Å². The van der Waals surface area contributed by atoms with Gasteiger partial charge in [0.1, 0.15) is 0 Å². The van der Waals surface area contributed by atoms with E-state index in [9.17, 15) is 13.2 Å². The fourth-order valence-corrected chi connectivity index (χ4v) is 5.56. The first-order valence-corrected chi connectivity index (χ1v) is 12.6. The zero-order valence-electron chi connectivity index (χ0n) is 16.9. The van der Waals surface area contributed by atoms with Crippen LogP contribution in [-0.2, 0) is 21.4 Å². The molecule has 1 saturated heterocycles. The number of carbonyl (C=O) groups excluding carboxylic acids is 1. The van der Waals surface area contributed by atoms with Crippen LogP contribution < -0.4 is 5.32 Å². The number of rotatable bonds is 6. The molecular weight excluding hydrogens is 520 g/mol. The molecule has 4 rings (SSSR count). The molecule has 0 radical (unpaired) electrons. The van der Waals surface area contributed by atoms with Crippen LogP contribution in [0.1, 0.15) is 18.7 Å². The van der Waals surface area contributed by atoms with Crippen LogP contribution in [0.15, 0.2) is 62.4 Å². The van der Waals surface area contributed by atoms with E-state index in [0.29, 0.717) is 30.2 Å². The highest BCUT2D eigenvalue weighted by Gasteiger charge is 2.33. The Morgan fingerprint density at radius 3 is 2.78 bits per heavy atom. The Kier molecular flexibility index (Phi) is 6.94. The molecule has 168 valence electrons. The number of piperidine rings is 1. The number of halogens is 2. The van der Waals surface area contributed by atoms with Crippen molar-refractivity contribution in [3.05, 3.63) is 63.9 Å². The third-order valence-electron chi connectivity index (χ3n) is 5.17. The maximum atomic E-state index is 12.9. The lowest BCUT2D eigenvalue weighted by Gasteiger charge is -2.31. The topological polar surface area (TPSA) is 105 Å². The quantitative estimate of drug-likeness (QED) is 0.510. The summed E-state index contributed by atoms with van der Waals surface area (Å²) in [5, 5.41) is 7.19. The van der Waals surface area contributed by atoms with Crippen LogP contribution in [0.4, 0.5) is 0 Å². The molecule has 1 fully saturated rings. The lowest BCUT2D eigenvalue weighted by Crippen LogP contribution is -2.45. The summed E-state index contributed by atoms with van der Waals surface area (Å²) in [6.45, 7) is 0.554. The van der Waals surface area contributed by atoms with Crippen molar-refractivity contribution in [2.75, 3.05) is 13.1 Å². The van der Waals surface area contributed by atoms with E-state index in [0.717, 1.165) is 10.0 Å². The number of amides is 1. The van der Waals surface area contributed by atoms with Crippen molar-refractivity contribution in [3.63, 3.8) is 0 Å². The van der Waals surface area contributed by atoms with E-state index in [4.69, 9.17) is 16.1 Å². The molecule has 8 nitrogen and oxygen atoms in total. The number of nitrogens with one attached hydrogen (secondary N) is 1. The van der Waals surface area contributed by atoms with Crippen molar-refractivity contribution in [2.24, 2.45) is 5.92 Å². The van der Waals surface area contributed by atoms with Crippen LogP contribution in [0.5, 0.6) is 0 Å². The molecule has 32 heavy (non-hydrogen) atoms. The molecule has 1 aliphatic rings. The van der Waals surface area contributed by atoms with Gasteiger partial charge in [-0.25, -0.2) is 8.42 Å². The molecule has 0 spiro atoms. The molecule has 1 aliphatic heterocycles. The molecule has 0 aliphatic carbocycles. The highest BCUT2D eigenvalue weighted by atomic mass is 79.9. The summed E-state index contributed by atoms with van der Waals surface area (Å²) < 4.78 is 33.3. The van der Waals surface area contributed by atoms with Crippen molar-refractivity contribution in [2.45, 2.75) is 24.3 Å². The van der Waals surface area contributed by atoms with Gasteiger partial charge in [0.2, 0.25) is 27.6 Å². The van der Waals surface area contributed by atoms with Gasteiger partial charge in [-0.05, 0) is 49.2 Å². The molecule has 1 atom stereocenters. The Labute approximate surface area is 199 Å². The number of benzene rings is 2. The van der Waals surface area contributed by atoms with E-state index in [1.165, 1.54) is 28.6 Å². The van der Waals surface area contributed by atoms with Gasteiger partial charge < -0.3 is 9.84 Å². The Hall–Kier alpha value is -2.27. The highest BCUT2D eigenvalue weighted by Crippen LogP contribution is 2.25. The number of hydrogen-bond donors (Lipinski definition) is 1. The van der Waals surface area contributed by atoms with E-state index in [1.54, 1.807) is 0 Å². The Balaban J connectivity index is 1.37. The molecule has 1 aromatic heterocycles. The van der Waals surface area contributed by atoms with Gasteiger partial charge >= 0.3 is 0 Å². The molecule has 11 heteroatoms. The van der Waals surface area contributed by atoms with Gasteiger partial charge in [0.05, 0.1) is 17.4 Å². The van der Waals surface area contributed by atoms with Gasteiger partial charge in [0.15, 0.2) is 0 Å². The van der Waals surface area contributed by atoms with Gasteiger partial charge in [0.25, 0.3) is 0 Å². The second-order valence-electron chi connectivity index (χ2n) is 7.40. The Morgan fingerprint density at radius 2 is 2.03 bits per heavy atom. The number of sulfonamides is 1. The van der Waals surface area contributed by atoms with E-state index in [2.05, 4.69) is 31.4 Å². The maximum Gasteiger partial charge on any atom is 0.246 e. The molecule has 1 unspecified atom stereocenters. The first kappa shape index (κ1) is 22.9. The summed E-state index contributed by atoms with van der Waals surface area (Å²) in [4.78, 5) is 17.2. The smallest absolute Gasteiger partial charge is 0.246 e. The number of carbonyl (C=O) groups is 1. The summed E-state index contributed by atoms with van der Waals surface area (Å²) in [6.07, 6.45) is 1.20. The molecule has 3 aromatic rings. The monoisotopic (exact) mass is 538 g/mol. The third-order valence-corrected chi connectivity index (χ3v) is 7.80. The summed E-state index contributed by atoms with van der Waals surface area (Å²) in [6, 6.07) is 13.5. The van der Waals surface area contributed by atoms with Gasteiger partial charge in [-0.15, -0.1) is 0 Å². The van der Waals surface area contributed by atoms with Gasteiger partial charge in [-0.2, -0.15) is 9.29 Å². The largest absolute Gasteiger partial charge is 0.347 e. The maximum absolute atomic E-state index is 12.9. The number of aromatic nitrogens is 2. The zero-order chi connectivity index (χ0) is 22.7. The second-order valence-corrected chi connectivity index (χ2v) is 10.7. The van der Waals surface area contributed by atoms with Crippen LogP contribution >= 0.6 is 27.5 Å². The van der Waals surface area contributed by atoms with E-state index in [1.807, 2.05) is 24.3 Å². The molecule has 1 amide bonds.